The van der Waals surface area contributed by atoms with Gasteiger partial charge in [-0.25, -0.2) is 0 Å². The molecule has 0 saturated carbocycles. The van der Waals surface area contributed by atoms with E-state index in [0.29, 0.717) is 23.8 Å². The maximum Gasteiger partial charge on any atom is 0.219 e. The normalized spacial score (nSPS) is 28.4. The number of ether oxygens (including phenoxy) is 1. The highest BCUT2D eigenvalue weighted by Crippen LogP contribution is 2.34. The van der Waals surface area contributed by atoms with Crippen LogP contribution in [0.2, 0.25) is 0 Å². The second-order valence-corrected chi connectivity index (χ2v) is 6.33. The third-order valence-corrected chi connectivity index (χ3v) is 4.42. The highest BCUT2D eigenvalue weighted by Gasteiger charge is 2.42. The Morgan fingerprint density at radius 2 is 2.18 bits per heavy atom. The molecule has 2 saturated heterocycles. The number of nitrogens with zero attached hydrogens (tertiary/aromatic N) is 4. The summed E-state index contributed by atoms with van der Waals surface area (Å²) in [5.74, 6) is 2.74. The first kappa shape index (κ1) is 13.9. The number of aromatic nitrogens is 3. The molecule has 22 heavy (non-hydrogen) atoms. The summed E-state index contributed by atoms with van der Waals surface area (Å²) < 4.78 is 16.7. The van der Waals surface area contributed by atoms with Crippen molar-refractivity contribution >= 4 is 0 Å². The lowest BCUT2D eigenvalue weighted by atomic mass is 10.0. The van der Waals surface area contributed by atoms with Gasteiger partial charge in [-0.15, -0.1) is 10.2 Å². The van der Waals surface area contributed by atoms with E-state index in [-0.39, 0.29) is 6.10 Å². The summed E-state index contributed by atoms with van der Waals surface area (Å²) in [5.41, 5.74) is 0.996. The van der Waals surface area contributed by atoms with E-state index in [0.717, 1.165) is 43.9 Å². The van der Waals surface area contributed by atoms with Crippen LogP contribution in [0.5, 0.6) is 0 Å². The molecule has 0 radical (unpaired) electrons. The van der Waals surface area contributed by atoms with Crippen LogP contribution in [0.4, 0.5) is 0 Å². The fraction of sp³-hybridized carbons (Fsp3) is 0.667. The topological polar surface area (TPSA) is 77.4 Å². The Bertz CT molecular complexity index is 585. The van der Waals surface area contributed by atoms with E-state index < -0.39 is 0 Å². The van der Waals surface area contributed by atoms with Crippen LogP contribution in [0.1, 0.15) is 29.7 Å². The van der Waals surface area contributed by atoms with Crippen molar-refractivity contribution in [3.63, 3.8) is 0 Å². The van der Waals surface area contributed by atoms with E-state index in [4.69, 9.17) is 13.7 Å². The fourth-order valence-electron chi connectivity index (χ4n) is 3.55. The molecular weight excluding hydrogens is 284 g/mol. The molecule has 0 aromatic carbocycles. The van der Waals surface area contributed by atoms with Gasteiger partial charge in [0.2, 0.25) is 11.8 Å². The zero-order chi connectivity index (χ0) is 15.1. The lowest BCUT2D eigenvalue weighted by Crippen LogP contribution is -2.25. The Kier molecular flexibility index (Phi) is 3.46. The zero-order valence-corrected chi connectivity index (χ0v) is 12.9. The van der Waals surface area contributed by atoms with Crippen LogP contribution in [0.25, 0.3) is 0 Å². The molecule has 7 nitrogen and oxygen atoms in total. The zero-order valence-electron chi connectivity index (χ0n) is 12.9. The van der Waals surface area contributed by atoms with Crippen LogP contribution in [0.3, 0.4) is 0 Å². The number of aryl methyl sites for hydroxylation is 2. The van der Waals surface area contributed by atoms with Gasteiger partial charge in [-0.2, -0.15) is 0 Å². The summed E-state index contributed by atoms with van der Waals surface area (Å²) >= 11 is 0. The van der Waals surface area contributed by atoms with E-state index in [1.54, 1.807) is 0 Å². The van der Waals surface area contributed by atoms with Gasteiger partial charge < -0.3 is 13.7 Å². The molecular formula is C15H20N4O3. The molecule has 118 valence electrons. The summed E-state index contributed by atoms with van der Waals surface area (Å²) in [4.78, 5) is 2.39. The molecule has 2 aliphatic rings. The first-order valence-electron chi connectivity index (χ1n) is 7.74. The minimum absolute atomic E-state index is 0.200. The van der Waals surface area contributed by atoms with Crippen molar-refractivity contribution < 1.29 is 13.7 Å². The molecule has 0 amide bonds. The molecule has 0 aliphatic carbocycles. The van der Waals surface area contributed by atoms with Crippen LogP contribution in [-0.4, -0.2) is 45.6 Å². The van der Waals surface area contributed by atoms with Gasteiger partial charge in [0.15, 0.2) is 0 Å². The average Bonchev–Trinajstić information content (AvgIpc) is 3.18. The van der Waals surface area contributed by atoms with E-state index in [2.05, 4.69) is 20.3 Å². The Morgan fingerprint density at radius 1 is 1.27 bits per heavy atom. The van der Waals surface area contributed by atoms with Crippen molar-refractivity contribution in [3.8, 4) is 0 Å². The molecule has 2 aromatic heterocycles. The van der Waals surface area contributed by atoms with Crippen molar-refractivity contribution in [2.75, 3.05) is 13.1 Å². The predicted octanol–water partition coefficient (Wildman–Crippen LogP) is 1.51. The summed E-state index contributed by atoms with van der Waals surface area (Å²) in [7, 11) is 0. The van der Waals surface area contributed by atoms with Crippen molar-refractivity contribution in [1.82, 2.24) is 20.3 Å². The van der Waals surface area contributed by atoms with Crippen molar-refractivity contribution in [1.29, 1.82) is 0 Å². The molecule has 4 rings (SSSR count). The maximum atomic E-state index is 6.16. The minimum Gasteiger partial charge on any atom is -0.426 e. The van der Waals surface area contributed by atoms with Gasteiger partial charge in [-0.3, -0.25) is 4.90 Å². The molecule has 2 aliphatic heterocycles. The van der Waals surface area contributed by atoms with Crippen molar-refractivity contribution in [2.45, 2.75) is 45.4 Å². The summed E-state index contributed by atoms with van der Waals surface area (Å²) in [6.45, 7) is 6.57. The molecule has 2 fully saturated rings. The van der Waals surface area contributed by atoms with E-state index in [9.17, 15) is 0 Å². The maximum absolute atomic E-state index is 6.16. The first-order chi connectivity index (χ1) is 10.7. The molecule has 7 heteroatoms. The number of fused-ring (bicyclic) bond motifs is 1. The molecule has 0 spiro atoms. The predicted molar refractivity (Wildman–Crippen MR) is 76.0 cm³/mol. The van der Waals surface area contributed by atoms with Crippen LogP contribution < -0.4 is 0 Å². The smallest absolute Gasteiger partial charge is 0.219 e. The Balaban J connectivity index is 1.30. The molecule has 2 aromatic rings. The van der Waals surface area contributed by atoms with Crippen LogP contribution in [0.15, 0.2) is 15.0 Å². The van der Waals surface area contributed by atoms with E-state index in [1.807, 2.05) is 19.9 Å². The standard InChI is InChI=1S/C15H20N4O3/c1-9-3-12(18-22-9)7-19-6-11-4-13(21-14(11)8-19)5-15-17-16-10(2)20-15/h3,11,13-14H,4-8H2,1-2H3/t11-,13+,14+/m0/s1. The van der Waals surface area contributed by atoms with E-state index >= 15 is 0 Å². The van der Waals surface area contributed by atoms with Gasteiger partial charge in [-0.05, 0) is 13.3 Å². The Hall–Kier alpha value is -1.73. The number of likely N-dealkylation sites (tertiary alicyclic amines) is 1. The molecule has 3 atom stereocenters. The summed E-state index contributed by atoms with van der Waals surface area (Å²) in [5, 5.41) is 12.0. The van der Waals surface area contributed by atoms with Crippen molar-refractivity contribution in [3.05, 3.63) is 29.3 Å². The molecule has 0 bridgehead atoms. The number of hydrogen-bond donors (Lipinski definition) is 0. The first-order valence-corrected chi connectivity index (χ1v) is 7.74. The highest BCUT2D eigenvalue weighted by molar-refractivity contribution is 5.05. The SMILES string of the molecule is Cc1cc(CN2C[C@@H]3C[C@H](Cc4nnc(C)o4)O[C@@H]3C2)no1. The Morgan fingerprint density at radius 3 is 2.86 bits per heavy atom. The Labute approximate surface area is 128 Å². The van der Waals surface area contributed by atoms with Crippen LogP contribution >= 0.6 is 0 Å². The molecule has 4 heterocycles. The minimum atomic E-state index is 0.200. The van der Waals surface area contributed by atoms with Crippen molar-refractivity contribution in [2.24, 2.45) is 5.92 Å². The number of hydrogen-bond acceptors (Lipinski definition) is 7. The third kappa shape index (κ3) is 2.78. The quantitative estimate of drug-likeness (QED) is 0.847. The van der Waals surface area contributed by atoms with E-state index in [1.165, 1.54) is 0 Å². The third-order valence-electron chi connectivity index (χ3n) is 4.42. The lowest BCUT2D eigenvalue weighted by Gasteiger charge is -2.17. The second kappa shape index (κ2) is 5.48. The molecule has 0 unspecified atom stereocenters. The fourth-order valence-corrected chi connectivity index (χ4v) is 3.55. The van der Waals surface area contributed by atoms with Gasteiger partial charge in [0.25, 0.3) is 0 Å². The molecule has 0 N–H and O–H groups in total. The highest BCUT2D eigenvalue weighted by atomic mass is 16.5. The van der Waals surface area contributed by atoms with Gasteiger partial charge in [0.1, 0.15) is 5.76 Å². The van der Waals surface area contributed by atoms with Gasteiger partial charge in [0.05, 0.1) is 24.3 Å². The van der Waals surface area contributed by atoms with Crippen LogP contribution in [-0.2, 0) is 17.7 Å². The van der Waals surface area contributed by atoms with Crippen LogP contribution in [0, 0.1) is 19.8 Å². The summed E-state index contributed by atoms with van der Waals surface area (Å²) in [6, 6.07) is 2.00. The lowest BCUT2D eigenvalue weighted by molar-refractivity contribution is 0.0348. The second-order valence-electron chi connectivity index (χ2n) is 6.33. The monoisotopic (exact) mass is 304 g/mol. The van der Waals surface area contributed by atoms with Gasteiger partial charge in [0, 0.05) is 38.5 Å². The largest absolute Gasteiger partial charge is 0.426 e. The number of rotatable bonds is 4. The summed E-state index contributed by atoms with van der Waals surface area (Å²) in [6.07, 6.45) is 2.28. The van der Waals surface area contributed by atoms with Gasteiger partial charge >= 0.3 is 0 Å². The van der Waals surface area contributed by atoms with Gasteiger partial charge in [-0.1, -0.05) is 5.16 Å². The average molecular weight is 304 g/mol.